The zero-order valence-corrected chi connectivity index (χ0v) is 15.0. The lowest BCUT2D eigenvalue weighted by atomic mass is 10.1. The lowest BCUT2D eigenvalue weighted by Gasteiger charge is -2.18. The van der Waals surface area contributed by atoms with Gasteiger partial charge in [0.2, 0.25) is 0 Å². The number of amides is 2. The monoisotopic (exact) mass is 380 g/mol. The van der Waals surface area contributed by atoms with Crippen LogP contribution in [0.1, 0.15) is 11.7 Å². The van der Waals surface area contributed by atoms with Crippen molar-refractivity contribution in [3.8, 4) is 5.75 Å². The average molecular weight is 381 g/mol. The van der Waals surface area contributed by atoms with Gasteiger partial charge in [0.15, 0.2) is 0 Å². The van der Waals surface area contributed by atoms with Crippen LogP contribution in [-0.2, 0) is 14.3 Å². The molecule has 0 spiro atoms. The number of anilines is 1. The molecule has 0 heterocycles. The summed E-state index contributed by atoms with van der Waals surface area (Å²) in [6.07, 6.45) is -0.497. The third-order valence-corrected chi connectivity index (χ3v) is 3.89. The highest BCUT2D eigenvalue weighted by atomic mass is 35.5. The minimum atomic E-state index is -0.900. The van der Waals surface area contributed by atoms with Crippen molar-refractivity contribution in [1.82, 2.24) is 5.32 Å². The number of rotatable bonds is 6. The number of benzene rings is 2. The Kier molecular flexibility index (Phi) is 6.94. The molecular weight excluding hydrogens is 363 g/mol. The first kappa shape index (κ1) is 19.7. The summed E-state index contributed by atoms with van der Waals surface area (Å²) >= 11 is 5.64. The number of para-hydroxylation sites is 1. The van der Waals surface area contributed by atoms with E-state index >= 15 is 0 Å². The van der Waals surface area contributed by atoms with Gasteiger partial charge in [-0.05, 0) is 24.3 Å². The van der Waals surface area contributed by atoms with E-state index in [2.05, 4.69) is 10.6 Å². The van der Waals surface area contributed by atoms with Gasteiger partial charge in [-0.3, -0.25) is 9.59 Å². The third-order valence-electron chi connectivity index (χ3n) is 3.60. The quantitative estimate of drug-likeness (QED) is 0.755. The van der Waals surface area contributed by atoms with Gasteiger partial charge in [0.25, 0.3) is 0 Å². The molecule has 2 N–H and O–H groups in total. The molecule has 1 atom stereocenters. The Morgan fingerprint density at radius 3 is 2.54 bits per heavy atom. The summed E-state index contributed by atoms with van der Waals surface area (Å²) in [4.78, 5) is 23.9. The first-order chi connectivity index (χ1) is 12.5. The van der Waals surface area contributed by atoms with E-state index in [1.807, 2.05) is 12.1 Å². The molecule has 1 unspecified atom stereocenters. The van der Waals surface area contributed by atoms with Crippen LogP contribution in [0, 0.1) is 5.82 Å². The summed E-state index contributed by atoms with van der Waals surface area (Å²) in [7, 11) is 3.02. The van der Waals surface area contributed by atoms with Crippen molar-refractivity contribution in [2.45, 2.75) is 6.10 Å². The summed E-state index contributed by atoms with van der Waals surface area (Å²) in [6, 6.07) is 10.8. The Labute approximate surface area is 155 Å². The lowest BCUT2D eigenvalue weighted by molar-refractivity contribution is -0.136. The summed E-state index contributed by atoms with van der Waals surface area (Å²) in [6.45, 7) is 0.0628. The number of carbonyl (C=O) groups is 2. The second-order valence-corrected chi connectivity index (χ2v) is 5.67. The summed E-state index contributed by atoms with van der Waals surface area (Å²) in [5.74, 6) is -1.77. The van der Waals surface area contributed by atoms with E-state index < -0.39 is 23.7 Å². The molecule has 8 heteroatoms. The number of carbonyl (C=O) groups excluding carboxylic acids is 2. The molecule has 0 aliphatic carbocycles. The maximum Gasteiger partial charge on any atom is 0.313 e. The molecule has 26 heavy (non-hydrogen) atoms. The van der Waals surface area contributed by atoms with Gasteiger partial charge < -0.3 is 20.1 Å². The van der Waals surface area contributed by atoms with Crippen molar-refractivity contribution >= 4 is 29.1 Å². The van der Waals surface area contributed by atoms with E-state index in [0.29, 0.717) is 5.75 Å². The molecule has 0 aliphatic heterocycles. The van der Waals surface area contributed by atoms with Gasteiger partial charge in [-0.2, -0.15) is 0 Å². The highest BCUT2D eigenvalue weighted by Crippen LogP contribution is 2.26. The van der Waals surface area contributed by atoms with Gasteiger partial charge >= 0.3 is 11.8 Å². The van der Waals surface area contributed by atoms with Gasteiger partial charge in [0.1, 0.15) is 17.7 Å². The smallest absolute Gasteiger partial charge is 0.313 e. The largest absolute Gasteiger partial charge is 0.496 e. The van der Waals surface area contributed by atoms with Crippen LogP contribution in [0.3, 0.4) is 0 Å². The highest BCUT2D eigenvalue weighted by molar-refractivity contribution is 6.39. The van der Waals surface area contributed by atoms with E-state index in [4.69, 9.17) is 21.1 Å². The third kappa shape index (κ3) is 4.93. The minimum absolute atomic E-state index is 0.0628. The topological polar surface area (TPSA) is 76.7 Å². The average Bonchev–Trinajstić information content (AvgIpc) is 2.65. The zero-order chi connectivity index (χ0) is 19.1. The van der Waals surface area contributed by atoms with Crippen LogP contribution in [0.2, 0.25) is 5.02 Å². The second kappa shape index (κ2) is 9.17. The van der Waals surface area contributed by atoms with Gasteiger partial charge in [-0.1, -0.05) is 29.8 Å². The van der Waals surface area contributed by atoms with Gasteiger partial charge in [-0.25, -0.2) is 4.39 Å². The Morgan fingerprint density at radius 1 is 1.15 bits per heavy atom. The van der Waals surface area contributed by atoms with Crippen molar-refractivity contribution in [2.24, 2.45) is 0 Å². The Morgan fingerprint density at radius 2 is 1.88 bits per heavy atom. The van der Waals surface area contributed by atoms with E-state index in [1.54, 1.807) is 12.1 Å². The number of hydrogen-bond acceptors (Lipinski definition) is 4. The van der Waals surface area contributed by atoms with Crippen molar-refractivity contribution < 1.29 is 23.5 Å². The first-order valence-corrected chi connectivity index (χ1v) is 8.04. The van der Waals surface area contributed by atoms with Crippen molar-refractivity contribution in [1.29, 1.82) is 0 Å². The van der Waals surface area contributed by atoms with E-state index in [9.17, 15) is 14.0 Å². The normalized spacial score (nSPS) is 11.5. The molecular formula is C18H18ClFN2O4. The van der Waals surface area contributed by atoms with Crippen molar-refractivity contribution in [3.05, 3.63) is 58.9 Å². The number of halogens is 2. The molecule has 0 saturated carbocycles. The fourth-order valence-corrected chi connectivity index (χ4v) is 2.46. The lowest BCUT2D eigenvalue weighted by Crippen LogP contribution is -2.38. The minimum Gasteiger partial charge on any atom is -0.496 e. The number of nitrogens with one attached hydrogen (secondary N) is 2. The van der Waals surface area contributed by atoms with E-state index in [1.165, 1.54) is 26.4 Å². The van der Waals surface area contributed by atoms with Crippen molar-refractivity contribution in [3.63, 3.8) is 0 Å². The Hall–Kier alpha value is -2.64. The summed E-state index contributed by atoms with van der Waals surface area (Å²) < 4.78 is 23.8. The van der Waals surface area contributed by atoms with Crippen LogP contribution in [-0.4, -0.2) is 32.6 Å². The Balaban J connectivity index is 1.97. The molecule has 0 aliphatic rings. The standard InChI is InChI=1S/C18H18ClFN2O4/c1-25-15-6-4-3-5-12(15)16(26-2)10-21-17(23)18(24)22-11-7-8-14(20)13(19)9-11/h3-9,16H,10H2,1-2H3,(H,21,23)(H,22,24). The predicted octanol–water partition coefficient (Wildman–Crippen LogP) is 2.93. The van der Waals surface area contributed by atoms with Crippen LogP contribution in [0.5, 0.6) is 5.75 Å². The molecule has 0 bridgehead atoms. The SMILES string of the molecule is COc1ccccc1C(CNC(=O)C(=O)Nc1ccc(F)c(Cl)c1)OC. The van der Waals surface area contributed by atoms with E-state index in [0.717, 1.165) is 11.6 Å². The van der Waals surface area contributed by atoms with Crippen LogP contribution in [0.4, 0.5) is 10.1 Å². The highest BCUT2D eigenvalue weighted by Gasteiger charge is 2.19. The summed E-state index contributed by atoms with van der Waals surface area (Å²) in [5, 5.41) is 4.68. The molecule has 0 fully saturated rings. The molecule has 0 saturated heterocycles. The number of hydrogen-bond donors (Lipinski definition) is 2. The van der Waals surface area contributed by atoms with Crippen LogP contribution < -0.4 is 15.4 Å². The summed E-state index contributed by atoms with van der Waals surface area (Å²) in [5.41, 5.74) is 0.952. The molecule has 0 radical (unpaired) electrons. The zero-order valence-electron chi connectivity index (χ0n) is 14.2. The van der Waals surface area contributed by atoms with Gasteiger partial charge in [0.05, 0.1) is 12.1 Å². The van der Waals surface area contributed by atoms with E-state index in [-0.39, 0.29) is 17.3 Å². The first-order valence-electron chi connectivity index (χ1n) is 7.66. The number of ether oxygens (including phenoxy) is 2. The molecule has 2 aromatic carbocycles. The van der Waals surface area contributed by atoms with Crippen LogP contribution in [0.15, 0.2) is 42.5 Å². The van der Waals surface area contributed by atoms with Crippen molar-refractivity contribution in [2.75, 3.05) is 26.1 Å². The molecule has 138 valence electrons. The molecule has 2 aromatic rings. The van der Waals surface area contributed by atoms with Crippen LogP contribution >= 0.6 is 11.6 Å². The maximum absolute atomic E-state index is 13.1. The molecule has 2 amide bonds. The maximum atomic E-state index is 13.1. The number of methoxy groups -OCH3 is 2. The predicted molar refractivity (Wildman–Crippen MR) is 95.8 cm³/mol. The fraction of sp³-hybridized carbons (Fsp3) is 0.222. The fourth-order valence-electron chi connectivity index (χ4n) is 2.28. The molecule has 2 rings (SSSR count). The Bertz CT molecular complexity index is 801. The van der Waals surface area contributed by atoms with Gasteiger partial charge in [0, 0.05) is 24.9 Å². The molecule has 0 aromatic heterocycles. The second-order valence-electron chi connectivity index (χ2n) is 5.26. The van der Waals surface area contributed by atoms with Crippen LogP contribution in [0.25, 0.3) is 0 Å². The molecule has 6 nitrogen and oxygen atoms in total. The van der Waals surface area contributed by atoms with Gasteiger partial charge in [-0.15, -0.1) is 0 Å².